The summed E-state index contributed by atoms with van der Waals surface area (Å²) < 4.78 is 5.29. The van der Waals surface area contributed by atoms with Crippen LogP contribution in [0.25, 0.3) is 0 Å². The summed E-state index contributed by atoms with van der Waals surface area (Å²) in [5.74, 6) is 1.68. The van der Waals surface area contributed by atoms with Crippen molar-refractivity contribution in [3.8, 4) is 5.75 Å². The average molecular weight is 306 g/mol. The topological polar surface area (TPSA) is 37.4 Å². The molecule has 2 rings (SSSR count). The number of pyridine rings is 1. The van der Waals surface area contributed by atoms with Crippen molar-refractivity contribution in [3.63, 3.8) is 0 Å². The first-order chi connectivity index (χ1) is 10.1. The van der Waals surface area contributed by atoms with Gasteiger partial charge in [0.05, 0.1) is 18.2 Å². The monoisotopic (exact) mass is 305 g/mol. The fourth-order valence-corrected chi connectivity index (χ4v) is 2.24. The predicted octanol–water partition coefficient (Wildman–Crippen LogP) is 3.46. The van der Waals surface area contributed by atoms with Crippen LogP contribution in [0.4, 0.5) is 5.82 Å². The van der Waals surface area contributed by atoms with Gasteiger partial charge < -0.3 is 15.0 Å². The molecule has 1 unspecified atom stereocenters. The van der Waals surface area contributed by atoms with Gasteiger partial charge in [-0.3, -0.25) is 0 Å². The molecule has 4 nitrogen and oxygen atoms in total. The number of aromatic nitrogens is 1. The Morgan fingerprint density at radius 1 is 1.29 bits per heavy atom. The van der Waals surface area contributed by atoms with Crippen molar-refractivity contribution in [1.82, 2.24) is 9.88 Å². The van der Waals surface area contributed by atoms with Crippen LogP contribution in [0.15, 0.2) is 42.6 Å². The van der Waals surface area contributed by atoms with E-state index in [2.05, 4.69) is 41.4 Å². The number of anilines is 1. The molecule has 0 radical (unpaired) electrons. The fraction of sp³-hybridized carbons (Fsp3) is 0.312. The van der Waals surface area contributed by atoms with Crippen molar-refractivity contribution in [1.29, 1.82) is 0 Å². The number of halogens is 1. The molecular weight excluding hydrogens is 286 g/mol. The van der Waals surface area contributed by atoms with E-state index < -0.39 is 0 Å². The molecule has 112 valence electrons. The van der Waals surface area contributed by atoms with Gasteiger partial charge in [0.15, 0.2) is 0 Å². The number of likely N-dealkylation sites (N-methyl/N-ethyl adjacent to an activating group) is 1. The first kappa shape index (κ1) is 15.6. The zero-order chi connectivity index (χ0) is 15.2. The Labute approximate surface area is 130 Å². The van der Waals surface area contributed by atoms with Gasteiger partial charge in [-0.2, -0.15) is 0 Å². The number of rotatable bonds is 6. The summed E-state index contributed by atoms with van der Waals surface area (Å²) in [6.07, 6.45) is 1.64. The minimum Gasteiger partial charge on any atom is -0.497 e. The van der Waals surface area contributed by atoms with Crippen molar-refractivity contribution >= 4 is 17.4 Å². The lowest BCUT2D eigenvalue weighted by atomic mass is 10.1. The van der Waals surface area contributed by atoms with E-state index in [0.29, 0.717) is 5.02 Å². The van der Waals surface area contributed by atoms with Crippen LogP contribution < -0.4 is 10.1 Å². The average Bonchev–Trinajstić information content (AvgIpc) is 2.49. The minimum absolute atomic E-state index is 0.220. The number of hydrogen-bond donors (Lipinski definition) is 1. The highest BCUT2D eigenvalue weighted by atomic mass is 35.5. The van der Waals surface area contributed by atoms with Gasteiger partial charge in [-0.05, 0) is 43.9 Å². The maximum atomic E-state index is 5.84. The second-order valence-corrected chi connectivity index (χ2v) is 5.44. The van der Waals surface area contributed by atoms with Crippen LogP contribution in [0.1, 0.15) is 11.6 Å². The molecule has 1 aromatic carbocycles. The van der Waals surface area contributed by atoms with E-state index in [4.69, 9.17) is 16.3 Å². The summed E-state index contributed by atoms with van der Waals surface area (Å²) in [4.78, 5) is 6.42. The number of ether oxygens (including phenoxy) is 1. The lowest BCUT2D eigenvalue weighted by molar-refractivity contribution is 0.310. The van der Waals surface area contributed by atoms with E-state index >= 15 is 0 Å². The van der Waals surface area contributed by atoms with Gasteiger partial charge in [0.2, 0.25) is 0 Å². The van der Waals surface area contributed by atoms with Crippen molar-refractivity contribution in [3.05, 3.63) is 53.2 Å². The molecule has 0 amide bonds. The Hall–Kier alpha value is -1.78. The Bertz CT molecular complexity index is 572. The van der Waals surface area contributed by atoms with Crippen LogP contribution in [0.2, 0.25) is 5.02 Å². The second kappa shape index (κ2) is 7.29. The summed E-state index contributed by atoms with van der Waals surface area (Å²) in [6, 6.07) is 12.0. The van der Waals surface area contributed by atoms with Gasteiger partial charge in [0, 0.05) is 12.7 Å². The highest BCUT2D eigenvalue weighted by Crippen LogP contribution is 2.23. The molecule has 0 aliphatic heterocycles. The van der Waals surface area contributed by atoms with Crippen LogP contribution >= 0.6 is 11.6 Å². The van der Waals surface area contributed by atoms with Gasteiger partial charge in [-0.15, -0.1) is 0 Å². The first-order valence-electron chi connectivity index (χ1n) is 6.76. The Morgan fingerprint density at radius 3 is 2.71 bits per heavy atom. The summed E-state index contributed by atoms with van der Waals surface area (Å²) >= 11 is 5.84. The largest absolute Gasteiger partial charge is 0.497 e. The summed E-state index contributed by atoms with van der Waals surface area (Å²) in [5, 5.41) is 3.97. The van der Waals surface area contributed by atoms with E-state index in [1.807, 2.05) is 24.3 Å². The van der Waals surface area contributed by atoms with Crippen molar-refractivity contribution in [2.75, 3.05) is 33.1 Å². The molecule has 1 heterocycles. The normalized spacial score (nSPS) is 12.2. The molecule has 0 saturated carbocycles. The van der Waals surface area contributed by atoms with Gasteiger partial charge in [-0.25, -0.2) is 4.98 Å². The highest BCUT2D eigenvalue weighted by molar-refractivity contribution is 6.30. The lowest BCUT2D eigenvalue weighted by Gasteiger charge is -2.25. The molecule has 0 aliphatic rings. The van der Waals surface area contributed by atoms with Gasteiger partial charge in [-0.1, -0.05) is 23.7 Å². The Morgan fingerprint density at radius 2 is 2.10 bits per heavy atom. The third-order valence-corrected chi connectivity index (χ3v) is 3.53. The summed E-state index contributed by atoms with van der Waals surface area (Å²) in [6.45, 7) is 0.745. The number of benzene rings is 1. The van der Waals surface area contributed by atoms with E-state index in [9.17, 15) is 0 Å². The second-order valence-electron chi connectivity index (χ2n) is 5.00. The quantitative estimate of drug-likeness (QED) is 0.887. The van der Waals surface area contributed by atoms with Crippen molar-refractivity contribution in [2.24, 2.45) is 0 Å². The SMILES string of the molecule is COc1cccc(C(CNc2ccc(Cl)cn2)N(C)C)c1. The molecule has 0 bridgehead atoms. The number of nitrogens with one attached hydrogen (secondary N) is 1. The van der Waals surface area contributed by atoms with Crippen LogP contribution in [-0.4, -0.2) is 37.6 Å². The van der Waals surface area contributed by atoms with Crippen LogP contribution in [0.3, 0.4) is 0 Å². The third-order valence-electron chi connectivity index (χ3n) is 3.31. The minimum atomic E-state index is 0.220. The highest BCUT2D eigenvalue weighted by Gasteiger charge is 2.14. The molecular formula is C16H20ClN3O. The molecule has 21 heavy (non-hydrogen) atoms. The molecule has 0 aliphatic carbocycles. The fourth-order valence-electron chi connectivity index (χ4n) is 2.13. The van der Waals surface area contributed by atoms with E-state index in [1.165, 1.54) is 5.56 Å². The Balaban J connectivity index is 2.10. The molecule has 0 fully saturated rings. The molecule has 5 heteroatoms. The van der Waals surface area contributed by atoms with Crippen molar-refractivity contribution < 1.29 is 4.74 Å². The Kier molecular flexibility index (Phi) is 5.42. The summed E-state index contributed by atoms with van der Waals surface area (Å²) in [5.41, 5.74) is 1.20. The van der Waals surface area contributed by atoms with E-state index in [-0.39, 0.29) is 6.04 Å². The van der Waals surface area contributed by atoms with E-state index in [0.717, 1.165) is 18.1 Å². The molecule has 1 N–H and O–H groups in total. The van der Waals surface area contributed by atoms with Crippen LogP contribution in [-0.2, 0) is 0 Å². The third kappa shape index (κ3) is 4.34. The van der Waals surface area contributed by atoms with E-state index in [1.54, 1.807) is 13.3 Å². The zero-order valence-corrected chi connectivity index (χ0v) is 13.3. The maximum absolute atomic E-state index is 5.84. The number of nitrogens with zero attached hydrogens (tertiary/aromatic N) is 2. The van der Waals surface area contributed by atoms with Gasteiger partial charge in [0.1, 0.15) is 11.6 Å². The van der Waals surface area contributed by atoms with Crippen LogP contribution in [0.5, 0.6) is 5.75 Å². The molecule has 1 aromatic heterocycles. The standard InChI is InChI=1S/C16H20ClN3O/c1-20(2)15(12-5-4-6-14(9-12)21-3)11-19-16-8-7-13(17)10-18-16/h4-10,15H,11H2,1-3H3,(H,18,19). The molecule has 0 spiro atoms. The summed E-state index contributed by atoms with van der Waals surface area (Å²) in [7, 11) is 5.79. The number of methoxy groups -OCH3 is 1. The van der Waals surface area contributed by atoms with Gasteiger partial charge >= 0.3 is 0 Å². The smallest absolute Gasteiger partial charge is 0.126 e. The van der Waals surface area contributed by atoms with Crippen LogP contribution in [0, 0.1) is 0 Å². The molecule has 2 aromatic rings. The van der Waals surface area contributed by atoms with Gasteiger partial charge in [0.25, 0.3) is 0 Å². The molecule has 1 atom stereocenters. The number of hydrogen-bond acceptors (Lipinski definition) is 4. The zero-order valence-electron chi connectivity index (χ0n) is 12.5. The van der Waals surface area contributed by atoms with Crippen molar-refractivity contribution in [2.45, 2.75) is 6.04 Å². The maximum Gasteiger partial charge on any atom is 0.126 e. The predicted molar refractivity (Wildman–Crippen MR) is 87.2 cm³/mol. The first-order valence-corrected chi connectivity index (χ1v) is 7.13. The lowest BCUT2D eigenvalue weighted by Crippen LogP contribution is -2.27. The molecule has 0 saturated heterocycles.